The summed E-state index contributed by atoms with van der Waals surface area (Å²) in [5.74, 6) is 0.996. The molecule has 0 fully saturated rings. The van der Waals surface area contributed by atoms with Crippen LogP contribution in [0.15, 0.2) is 94.7 Å². The number of ether oxygens (including phenoxy) is 1. The lowest BCUT2D eigenvalue weighted by atomic mass is 10.2. The molecule has 2 N–H and O–H groups in total. The van der Waals surface area contributed by atoms with E-state index in [9.17, 15) is 16.8 Å². The van der Waals surface area contributed by atoms with Gasteiger partial charge < -0.3 is 4.74 Å². The van der Waals surface area contributed by atoms with Gasteiger partial charge in [0.15, 0.2) is 0 Å². The molecule has 4 aromatic rings. The molecule has 0 saturated carbocycles. The summed E-state index contributed by atoms with van der Waals surface area (Å²) in [6, 6.07) is 23.4. The van der Waals surface area contributed by atoms with Crippen molar-refractivity contribution in [2.45, 2.75) is 37.5 Å². The Morgan fingerprint density at radius 1 is 0.514 bits per heavy atom. The van der Waals surface area contributed by atoms with Crippen molar-refractivity contribution < 1.29 is 21.6 Å². The predicted octanol–water partition coefficient (Wildman–Crippen LogP) is 6.31. The van der Waals surface area contributed by atoms with Gasteiger partial charge in [0.1, 0.15) is 11.5 Å². The molecule has 4 rings (SSSR count). The second kappa shape index (κ2) is 10.3. The van der Waals surface area contributed by atoms with Crippen LogP contribution < -0.4 is 14.2 Å². The van der Waals surface area contributed by atoms with Gasteiger partial charge in [0, 0.05) is 11.4 Å². The molecule has 0 aliphatic carbocycles. The summed E-state index contributed by atoms with van der Waals surface area (Å²) in [4.78, 5) is 0.457. The van der Waals surface area contributed by atoms with Crippen LogP contribution in [0, 0.1) is 27.7 Å². The Hall–Kier alpha value is -3.82. The number of rotatable bonds is 8. The molecule has 0 radical (unpaired) electrons. The summed E-state index contributed by atoms with van der Waals surface area (Å²) in [6.45, 7) is 7.35. The Balaban J connectivity index is 1.41. The zero-order valence-electron chi connectivity index (χ0n) is 20.9. The molecule has 9 heteroatoms. The fraction of sp³-hybridized carbons (Fsp3) is 0.143. The Bertz CT molecular complexity index is 1520. The fourth-order valence-corrected chi connectivity index (χ4v) is 6.51. The number of hydrogen-bond acceptors (Lipinski definition) is 5. The Morgan fingerprint density at radius 3 is 1.19 bits per heavy atom. The maximum Gasteiger partial charge on any atom is 0.262 e. The SMILES string of the molecule is Cc1ccc(S(=O)(=O)Nc2ccc(Oc3ccc(NS(=O)(=O)c4ccc(C)cc4C)cc3)cc2)c(C)c1. The van der Waals surface area contributed by atoms with E-state index in [1.165, 1.54) is 0 Å². The van der Waals surface area contributed by atoms with Crippen molar-refractivity contribution in [1.82, 2.24) is 0 Å². The molecule has 0 unspecified atom stereocenters. The van der Waals surface area contributed by atoms with E-state index in [1.54, 1.807) is 86.6 Å². The third-order valence-electron chi connectivity index (χ3n) is 5.69. The average Bonchev–Trinajstić information content (AvgIpc) is 2.80. The van der Waals surface area contributed by atoms with Gasteiger partial charge in [-0.15, -0.1) is 0 Å². The molecule has 0 saturated heterocycles. The highest BCUT2D eigenvalue weighted by molar-refractivity contribution is 7.93. The highest BCUT2D eigenvalue weighted by atomic mass is 32.2. The Labute approximate surface area is 218 Å². The van der Waals surface area contributed by atoms with Crippen LogP contribution in [0.4, 0.5) is 11.4 Å². The molecule has 0 amide bonds. The van der Waals surface area contributed by atoms with Gasteiger partial charge in [-0.2, -0.15) is 0 Å². The zero-order valence-corrected chi connectivity index (χ0v) is 22.6. The minimum Gasteiger partial charge on any atom is -0.457 e. The van der Waals surface area contributed by atoms with Gasteiger partial charge in [0.2, 0.25) is 0 Å². The van der Waals surface area contributed by atoms with E-state index in [0.29, 0.717) is 34.0 Å². The van der Waals surface area contributed by atoms with Crippen molar-refractivity contribution in [3.05, 3.63) is 107 Å². The zero-order chi connectivity index (χ0) is 26.8. The summed E-state index contributed by atoms with van der Waals surface area (Å²) >= 11 is 0. The van der Waals surface area contributed by atoms with Crippen LogP contribution in [0.25, 0.3) is 0 Å². The van der Waals surface area contributed by atoms with Gasteiger partial charge in [-0.25, -0.2) is 16.8 Å². The Morgan fingerprint density at radius 2 is 0.865 bits per heavy atom. The van der Waals surface area contributed by atoms with E-state index >= 15 is 0 Å². The predicted molar refractivity (Wildman–Crippen MR) is 146 cm³/mol. The molecule has 7 nitrogen and oxygen atoms in total. The lowest BCUT2D eigenvalue weighted by Crippen LogP contribution is -2.14. The van der Waals surface area contributed by atoms with Gasteiger partial charge in [0.25, 0.3) is 20.0 Å². The first-order valence-corrected chi connectivity index (χ1v) is 14.5. The number of sulfonamides is 2. The topological polar surface area (TPSA) is 102 Å². The molecule has 37 heavy (non-hydrogen) atoms. The number of hydrogen-bond donors (Lipinski definition) is 2. The van der Waals surface area contributed by atoms with Crippen molar-refractivity contribution in [1.29, 1.82) is 0 Å². The van der Waals surface area contributed by atoms with Crippen molar-refractivity contribution >= 4 is 31.4 Å². The van der Waals surface area contributed by atoms with Gasteiger partial charge >= 0.3 is 0 Å². The van der Waals surface area contributed by atoms with Crippen molar-refractivity contribution in [3.8, 4) is 11.5 Å². The highest BCUT2D eigenvalue weighted by Crippen LogP contribution is 2.27. The van der Waals surface area contributed by atoms with Crippen LogP contribution in [0.3, 0.4) is 0 Å². The molecule has 192 valence electrons. The fourth-order valence-electron chi connectivity index (χ4n) is 3.94. The summed E-state index contributed by atoms with van der Waals surface area (Å²) in [5.41, 5.74) is 4.14. The first-order chi connectivity index (χ1) is 17.4. The van der Waals surface area contributed by atoms with Gasteiger partial charge in [-0.05, 0) is 99.5 Å². The number of anilines is 2. The molecule has 0 aliphatic rings. The van der Waals surface area contributed by atoms with Crippen LogP contribution in [-0.4, -0.2) is 16.8 Å². The molecule has 0 atom stereocenters. The molecule has 0 aromatic heterocycles. The third kappa shape index (κ3) is 6.31. The van der Waals surface area contributed by atoms with Crippen LogP contribution in [0.5, 0.6) is 11.5 Å². The van der Waals surface area contributed by atoms with E-state index in [0.717, 1.165) is 11.1 Å². The summed E-state index contributed by atoms with van der Waals surface area (Å²) in [7, 11) is -7.45. The second-order valence-corrected chi connectivity index (χ2v) is 12.2. The molecule has 0 spiro atoms. The quantitative estimate of drug-likeness (QED) is 0.275. The smallest absolute Gasteiger partial charge is 0.262 e. The highest BCUT2D eigenvalue weighted by Gasteiger charge is 2.18. The molecule has 0 bridgehead atoms. The molecular weight excluding hydrogens is 508 g/mol. The van der Waals surface area contributed by atoms with E-state index in [4.69, 9.17) is 4.74 Å². The number of benzene rings is 4. The van der Waals surface area contributed by atoms with Gasteiger partial charge in [-0.1, -0.05) is 35.4 Å². The average molecular weight is 537 g/mol. The molecule has 0 heterocycles. The summed E-state index contributed by atoms with van der Waals surface area (Å²) in [5, 5.41) is 0. The molecule has 4 aromatic carbocycles. The van der Waals surface area contributed by atoms with Crippen molar-refractivity contribution in [3.63, 3.8) is 0 Å². The number of aryl methyl sites for hydroxylation is 4. The van der Waals surface area contributed by atoms with E-state index in [-0.39, 0.29) is 9.79 Å². The number of nitrogens with one attached hydrogen (secondary N) is 2. The summed E-state index contributed by atoms with van der Waals surface area (Å²) in [6.07, 6.45) is 0. The molecule has 0 aliphatic heterocycles. The summed E-state index contributed by atoms with van der Waals surface area (Å²) < 4.78 is 62.1. The van der Waals surface area contributed by atoms with Crippen LogP contribution in [-0.2, 0) is 20.0 Å². The van der Waals surface area contributed by atoms with Crippen LogP contribution in [0.1, 0.15) is 22.3 Å². The molecular formula is C28H28N2O5S2. The Kier molecular flexibility index (Phi) is 7.29. The standard InChI is InChI=1S/C28H28N2O5S2/c1-19-5-15-27(21(3)17-19)36(31,32)29-23-7-11-25(12-8-23)35-26-13-9-24(10-14-26)30-37(33,34)28-16-6-20(2)18-22(28)4/h5-18,29-30H,1-4H3. The van der Waals surface area contributed by atoms with E-state index in [1.807, 2.05) is 26.0 Å². The monoisotopic (exact) mass is 536 g/mol. The van der Waals surface area contributed by atoms with Crippen LogP contribution in [0.2, 0.25) is 0 Å². The lowest BCUT2D eigenvalue weighted by molar-refractivity contribution is 0.483. The maximum atomic E-state index is 12.8. The van der Waals surface area contributed by atoms with Gasteiger partial charge in [-0.3, -0.25) is 9.44 Å². The second-order valence-electron chi connectivity index (χ2n) is 8.90. The van der Waals surface area contributed by atoms with E-state index < -0.39 is 20.0 Å². The van der Waals surface area contributed by atoms with Crippen molar-refractivity contribution in [2.24, 2.45) is 0 Å². The van der Waals surface area contributed by atoms with Crippen LogP contribution >= 0.6 is 0 Å². The van der Waals surface area contributed by atoms with Gasteiger partial charge in [0.05, 0.1) is 9.79 Å². The first kappa shape index (κ1) is 26.2. The lowest BCUT2D eigenvalue weighted by Gasteiger charge is -2.13. The van der Waals surface area contributed by atoms with Crippen molar-refractivity contribution in [2.75, 3.05) is 9.44 Å². The minimum absolute atomic E-state index is 0.228. The largest absolute Gasteiger partial charge is 0.457 e. The normalized spacial score (nSPS) is 11.7. The van der Waals surface area contributed by atoms with E-state index in [2.05, 4.69) is 9.44 Å². The first-order valence-electron chi connectivity index (χ1n) is 11.5. The third-order valence-corrected chi connectivity index (χ3v) is 8.77. The maximum absolute atomic E-state index is 12.8. The minimum atomic E-state index is -3.72.